The Labute approximate surface area is 89.1 Å². The van der Waals surface area contributed by atoms with Gasteiger partial charge in [-0.3, -0.25) is 0 Å². The Balaban J connectivity index is 2.04. The van der Waals surface area contributed by atoms with Gasteiger partial charge in [0.25, 0.3) is 0 Å². The smallest absolute Gasteiger partial charge is 0.0207 e. The van der Waals surface area contributed by atoms with Gasteiger partial charge in [-0.1, -0.05) is 20.8 Å². The van der Waals surface area contributed by atoms with Gasteiger partial charge in [-0.15, -0.1) is 0 Å². The van der Waals surface area contributed by atoms with Crippen molar-refractivity contribution in [2.24, 2.45) is 5.92 Å². The number of likely N-dealkylation sites (tertiary alicyclic amines) is 1. The summed E-state index contributed by atoms with van der Waals surface area (Å²) >= 11 is 0. The van der Waals surface area contributed by atoms with Crippen molar-refractivity contribution in [1.29, 1.82) is 0 Å². The zero-order valence-electron chi connectivity index (χ0n) is 10.1. The highest BCUT2D eigenvalue weighted by Crippen LogP contribution is 2.11. The van der Waals surface area contributed by atoms with Crippen LogP contribution in [0.5, 0.6) is 0 Å². The van der Waals surface area contributed by atoms with Crippen LogP contribution in [0, 0.1) is 5.92 Å². The molecule has 0 radical (unpaired) electrons. The van der Waals surface area contributed by atoms with Crippen LogP contribution in [-0.2, 0) is 0 Å². The van der Waals surface area contributed by atoms with Crippen LogP contribution in [-0.4, -0.2) is 37.1 Å². The summed E-state index contributed by atoms with van der Waals surface area (Å²) < 4.78 is 0. The van der Waals surface area contributed by atoms with E-state index in [1.165, 1.54) is 38.9 Å². The minimum Gasteiger partial charge on any atom is -0.313 e. The molecule has 2 heteroatoms. The van der Waals surface area contributed by atoms with Gasteiger partial charge in [-0.25, -0.2) is 0 Å². The largest absolute Gasteiger partial charge is 0.313 e. The predicted octanol–water partition coefficient (Wildman–Crippen LogP) is 2.11. The molecule has 0 bridgehead atoms. The first kappa shape index (κ1) is 12.0. The van der Waals surface area contributed by atoms with Crippen LogP contribution >= 0.6 is 0 Å². The summed E-state index contributed by atoms with van der Waals surface area (Å²) in [5.74, 6) is 0.863. The second-order valence-electron chi connectivity index (χ2n) is 4.88. The standard InChI is InChI=1S/C12H26N2/c1-4-13-12-7-9-14(10-12)8-5-6-11(2)3/h11-13H,4-10H2,1-3H3. The average molecular weight is 198 g/mol. The maximum absolute atomic E-state index is 3.53. The molecule has 0 aromatic carbocycles. The molecule has 2 nitrogen and oxygen atoms in total. The molecule has 1 aliphatic heterocycles. The fraction of sp³-hybridized carbons (Fsp3) is 1.00. The monoisotopic (exact) mass is 198 g/mol. The highest BCUT2D eigenvalue weighted by Gasteiger charge is 2.20. The summed E-state index contributed by atoms with van der Waals surface area (Å²) in [6.45, 7) is 11.8. The SMILES string of the molecule is CCNC1CCN(CCCC(C)C)C1. The van der Waals surface area contributed by atoms with Crippen molar-refractivity contribution in [2.45, 2.75) is 46.1 Å². The van der Waals surface area contributed by atoms with E-state index in [9.17, 15) is 0 Å². The molecular weight excluding hydrogens is 172 g/mol. The summed E-state index contributed by atoms with van der Waals surface area (Å²) in [6, 6.07) is 0.763. The Hall–Kier alpha value is -0.0800. The molecule has 1 atom stereocenters. The summed E-state index contributed by atoms with van der Waals surface area (Å²) in [6.07, 6.45) is 4.09. The second kappa shape index (κ2) is 6.41. The molecule has 0 spiro atoms. The van der Waals surface area contributed by atoms with E-state index >= 15 is 0 Å². The van der Waals surface area contributed by atoms with Gasteiger partial charge in [0.1, 0.15) is 0 Å². The van der Waals surface area contributed by atoms with Gasteiger partial charge < -0.3 is 10.2 Å². The summed E-state index contributed by atoms with van der Waals surface area (Å²) in [5.41, 5.74) is 0. The van der Waals surface area contributed by atoms with Gasteiger partial charge in [0.05, 0.1) is 0 Å². The first-order valence-electron chi connectivity index (χ1n) is 6.18. The Morgan fingerprint density at radius 3 is 2.86 bits per heavy atom. The third-order valence-corrected chi connectivity index (χ3v) is 3.02. The van der Waals surface area contributed by atoms with E-state index < -0.39 is 0 Å². The molecule has 1 heterocycles. The quantitative estimate of drug-likeness (QED) is 0.703. The number of rotatable bonds is 6. The first-order valence-corrected chi connectivity index (χ1v) is 6.18. The minimum atomic E-state index is 0.763. The Bertz CT molecular complexity index is 145. The van der Waals surface area contributed by atoms with E-state index in [2.05, 4.69) is 31.0 Å². The number of likely N-dealkylation sites (N-methyl/N-ethyl adjacent to an activating group) is 1. The van der Waals surface area contributed by atoms with Gasteiger partial charge in [0.15, 0.2) is 0 Å². The maximum atomic E-state index is 3.53. The van der Waals surface area contributed by atoms with E-state index in [1.54, 1.807) is 0 Å². The lowest BCUT2D eigenvalue weighted by atomic mass is 10.1. The minimum absolute atomic E-state index is 0.763. The molecule has 0 aliphatic carbocycles. The van der Waals surface area contributed by atoms with E-state index in [4.69, 9.17) is 0 Å². The van der Waals surface area contributed by atoms with Gasteiger partial charge in [-0.2, -0.15) is 0 Å². The lowest BCUT2D eigenvalue weighted by molar-refractivity contribution is 0.312. The third kappa shape index (κ3) is 4.43. The fourth-order valence-electron chi connectivity index (χ4n) is 2.21. The average Bonchev–Trinajstić information content (AvgIpc) is 2.53. The van der Waals surface area contributed by atoms with Crippen molar-refractivity contribution in [3.8, 4) is 0 Å². The zero-order valence-corrected chi connectivity index (χ0v) is 10.1. The number of nitrogens with zero attached hydrogens (tertiary/aromatic N) is 1. The molecule has 1 fully saturated rings. The molecule has 1 N–H and O–H groups in total. The molecule has 1 saturated heterocycles. The Morgan fingerprint density at radius 1 is 1.43 bits per heavy atom. The summed E-state index contributed by atoms with van der Waals surface area (Å²) in [5, 5.41) is 3.53. The van der Waals surface area contributed by atoms with Crippen LogP contribution in [0.2, 0.25) is 0 Å². The van der Waals surface area contributed by atoms with Crippen LogP contribution in [0.25, 0.3) is 0 Å². The number of hydrogen-bond donors (Lipinski definition) is 1. The van der Waals surface area contributed by atoms with E-state index in [-0.39, 0.29) is 0 Å². The highest BCUT2D eigenvalue weighted by molar-refractivity contribution is 4.80. The topological polar surface area (TPSA) is 15.3 Å². The fourth-order valence-corrected chi connectivity index (χ4v) is 2.21. The maximum Gasteiger partial charge on any atom is 0.0207 e. The first-order chi connectivity index (χ1) is 6.72. The Kier molecular flexibility index (Phi) is 5.49. The highest BCUT2D eigenvalue weighted by atomic mass is 15.2. The zero-order chi connectivity index (χ0) is 10.4. The van der Waals surface area contributed by atoms with Crippen molar-refractivity contribution in [3.63, 3.8) is 0 Å². The molecule has 0 saturated carbocycles. The molecule has 0 aromatic heterocycles. The second-order valence-corrected chi connectivity index (χ2v) is 4.88. The van der Waals surface area contributed by atoms with E-state index in [1.807, 2.05) is 0 Å². The molecule has 0 amide bonds. The van der Waals surface area contributed by atoms with Crippen molar-refractivity contribution in [2.75, 3.05) is 26.2 Å². The summed E-state index contributed by atoms with van der Waals surface area (Å²) in [7, 11) is 0. The van der Waals surface area contributed by atoms with Crippen molar-refractivity contribution >= 4 is 0 Å². The normalized spacial score (nSPS) is 23.6. The molecule has 0 aromatic rings. The molecule has 1 rings (SSSR count). The van der Waals surface area contributed by atoms with E-state index in [0.29, 0.717) is 0 Å². The molecule has 14 heavy (non-hydrogen) atoms. The molecule has 84 valence electrons. The van der Waals surface area contributed by atoms with Crippen molar-refractivity contribution in [1.82, 2.24) is 10.2 Å². The lowest BCUT2D eigenvalue weighted by Gasteiger charge is -2.16. The van der Waals surface area contributed by atoms with Crippen LogP contribution < -0.4 is 5.32 Å². The van der Waals surface area contributed by atoms with Crippen LogP contribution in [0.3, 0.4) is 0 Å². The molecule has 1 aliphatic rings. The van der Waals surface area contributed by atoms with Crippen LogP contribution in [0.1, 0.15) is 40.0 Å². The van der Waals surface area contributed by atoms with Crippen LogP contribution in [0.15, 0.2) is 0 Å². The van der Waals surface area contributed by atoms with Gasteiger partial charge in [0.2, 0.25) is 0 Å². The van der Waals surface area contributed by atoms with Crippen molar-refractivity contribution < 1.29 is 0 Å². The van der Waals surface area contributed by atoms with Gasteiger partial charge in [0, 0.05) is 12.6 Å². The number of nitrogens with one attached hydrogen (secondary N) is 1. The molecular formula is C12H26N2. The predicted molar refractivity (Wildman–Crippen MR) is 62.6 cm³/mol. The van der Waals surface area contributed by atoms with Crippen molar-refractivity contribution in [3.05, 3.63) is 0 Å². The number of hydrogen-bond acceptors (Lipinski definition) is 2. The van der Waals surface area contributed by atoms with E-state index in [0.717, 1.165) is 18.5 Å². The Morgan fingerprint density at radius 2 is 2.21 bits per heavy atom. The van der Waals surface area contributed by atoms with Gasteiger partial charge >= 0.3 is 0 Å². The summed E-state index contributed by atoms with van der Waals surface area (Å²) in [4.78, 5) is 2.61. The van der Waals surface area contributed by atoms with Crippen LogP contribution in [0.4, 0.5) is 0 Å². The molecule has 1 unspecified atom stereocenters. The van der Waals surface area contributed by atoms with Gasteiger partial charge in [-0.05, 0) is 44.8 Å². The lowest BCUT2D eigenvalue weighted by Crippen LogP contribution is -2.32. The third-order valence-electron chi connectivity index (χ3n) is 3.02.